The molecular weight excluding hydrogens is 207 g/mol. The summed E-state index contributed by atoms with van der Waals surface area (Å²) in [5, 5.41) is 3.09. The van der Waals surface area contributed by atoms with E-state index in [1.807, 2.05) is 0 Å². The zero-order valence-corrected chi connectivity index (χ0v) is 9.41. The Bertz CT molecular complexity index is 369. The van der Waals surface area contributed by atoms with Crippen LogP contribution in [0.5, 0.6) is 0 Å². The fraction of sp³-hybridized carbons (Fsp3) is 0.636. The van der Waals surface area contributed by atoms with Gasteiger partial charge in [0, 0.05) is 12.1 Å². The van der Waals surface area contributed by atoms with Gasteiger partial charge in [-0.15, -0.1) is 0 Å². The topological polar surface area (TPSA) is 63.8 Å². The third kappa shape index (κ3) is 2.29. The van der Waals surface area contributed by atoms with Crippen molar-refractivity contribution in [2.24, 2.45) is 5.73 Å². The Morgan fingerprint density at radius 2 is 2.12 bits per heavy atom. The van der Waals surface area contributed by atoms with Crippen molar-refractivity contribution >= 4 is 5.82 Å². The van der Waals surface area contributed by atoms with Crippen LogP contribution < -0.4 is 11.1 Å². The highest BCUT2D eigenvalue weighted by Crippen LogP contribution is 2.21. The summed E-state index contributed by atoms with van der Waals surface area (Å²) in [6.45, 7) is 1.63. The van der Waals surface area contributed by atoms with Crippen LogP contribution >= 0.6 is 0 Å². The number of anilines is 1. The van der Waals surface area contributed by atoms with E-state index in [-0.39, 0.29) is 23.7 Å². The van der Waals surface area contributed by atoms with E-state index in [0.717, 1.165) is 25.7 Å². The van der Waals surface area contributed by atoms with Crippen molar-refractivity contribution in [1.29, 1.82) is 0 Å². The highest BCUT2D eigenvalue weighted by Gasteiger charge is 2.23. The number of aromatic nitrogens is 2. The predicted octanol–water partition coefficient (Wildman–Crippen LogP) is 1.61. The molecule has 1 aromatic rings. The van der Waals surface area contributed by atoms with Gasteiger partial charge in [-0.3, -0.25) is 0 Å². The summed E-state index contributed by atoms with van der Waals surface area (Å²) < 4.78 is 13.7. The van der Waals surface area contributed by atoms with E-state index >= 15 is 0 Å². The smallest absolute Gasteiger partial charge is 0.186 e. The number of halogens is 1. The normalized spacial score (nSPS) is 25.4. The number of hydrogen-bond donors (Lipinski definition) is 2. The van der Waals surface area contributed by atoms with E-state index < -0.39 is 0 Å². The molecular formula is C11H17FN4. The van der Waals surface area contributed by atoms with Gasteiger partial charge >= 0.3 is 0 Å². The Hall–Kier alpha value is -1.23. The minimum atomic E-state index is -0.375. The predicted molar refractivity (Wildman–Crippen MR) is 60.6 cm³/mol. The molecule has 0 aliphatic heterocycles. The molecule has 2 unspecified atom stereocenters. The third-order valence-electron chi connectivity index (χ3n) is 3.11. The molecule has 2 atom stereocenters. The zero-order valence-electron chi connectivity index (χ0n) is 9.41. The van der Waals surface area contributed by atoms with Crippen LogP contribution in [0.1, 0.15) is 31.4 Å². The molecule has 1 saturated carbocycles. The van der Waals surface area contributed by atoms with Crippen molar-refractivity contribution < 1.29 is 4.39 Å². The molecule has 3 N–H and O–H groups in total. The van der Waals surface area contributed by atoms with Crippen LogP contribution in [-0.2, 0) is 0 Å². The van der Waals surface area contributed by atoms with Crippen LogP contribution in [0.15, 0.2) is 6.33 Å². The Morgan fingerprint density at radius 1 is 1.38 bits per heavy atom. The van der Waals surface area contributed by atoms with E-state index in [9.17, 15) is 4.39 Å². The van der Waals surface area contributed by atoms with E-state index in [4.69, 9.17) is 5.73 Å². The van der Waals surface area contributed by atoms with Crippen LogP contribution in [-0.4, -0.2) is 22.1 Å². The molecule has 1 heterocycles. The molecule has 16 heavy (non-hydrogen) atoms. The van der Waals surface area contributed by atoms with Crippen molar-refractivity contribution in [3.63, 3.8) is 0 Å². The van der Waals surface area contributed by atoms with Crippen LogP contribution in [0.3, 0.4) is 0 Å². The van der Waals surface area contributed by atoms with Crippen LogP contribution in [0.4, 0.5) is 10.2 Å². The molecule has 0 spiro atoms. The fourth-order valence-electron chi connectivity index (χ4n) is 2.07. The van der Waals surface area contributed by atoms with Gasteiger partial charge in [-0.1, -0.05) is 12.8 Å². The van der Waals surface area contributed by atoms with E-state index in [0.29, 0.717) is 5.69 Å². The summed E-state index contributed by atoms with van der Waals surface area (Å²) in [6, 6.07) is 0.209. The summed E-state index contributed by atoms with van der Waals surface area (Å²) in [4.78, 5) is 7.71. The van der Waals surface area contributed by atoms with E-state index in [1.165, 1.54) is 6.33 Å². The molecule has 1 fully saturated rings. The van der Waals surface area contributed by atoms with Crippen LogP contribution in [0, 0.1) is 12.7 Å². The first-order valence-corrected chi connectivity index (χ1v) is 5.67. The number of nitrogens with one attached hydrogen (secondary N) is 1. The molecule has 1 aliphatic carbocycles. The monoisotopic (exact) mass is 224 g/mol. The summed E-state index contributed by atoms with van der Waals surface area (Å²) in [5.74, 6) is -0.102. The largest absolute Gasteiger partial charge is 0.363 e. The minimum Gasteiger partial charge on any atom is -0.363 e. The Kier molecular flexibility index (Phi) is 3.33. The minimum absolute atomic E-state index is 0.0865. The molecule has 5 heteroatoms. The number of aryl methyl sites for hydroxylation is 1. The van der Waals surface area contributed by atoms with Gasteiger partial charge in [0.25, 0.3) is 0 Å². The fourth-order valence-corrected chi connectivity index (χ4v) is 2.07. The second-order valence-corrected chi connectivity index (χ2v) is 4.32. The van der Waals surface area contributed by atoms with E-state index in [2.05, 4.69) is 15.3 Å². The van der Waals surface area contributed by atoms with Crippen LogP contribution in [0.25, 0.3) is 0 Å². The number of nitrogens with zero attached hydrogens (tertiary/aromatic N) is 2. The van der Waals surface area contributed by atoms with Gasteiger partial charge in [0.15, 0.2) is 11.6 Å². The van der Waals surface area contributed by atoms with Crippen molar-refractivity contribution in [3.8, 4) is 0 Å². The van der Waals surface area contributed by atoms with Gasteiger partial charge in [-0.05, 0) is 19.8 Å². The highest BCUT2D eigenvalue weighted by atomic mass is 19.1. The lowest BCUT2D eigenvalue weighted by Gasteiger charge is -2.29. The lowest BCUT2D eigenvalue weighted by Crippen LogP contribution is -2.43. The molecule has 0 amide bonds. The zero-order chi connectivity index (χ0) is 11.5. The second-order valence-electron chi connectivity index (χ2n) is 4.32. The van der Waals surface area contributed by atoms with Gasteiger partial charge in [0.05, 0.1) is 5.69 Å². The SMILES string of the molecule is Cc1ncnc(NC2CCCCC2N)c1F. The van der Waals surface area contributed by atoms with Crippen molar-refractivity contribution in [3.05, 3.63) is 17.8 Å². The molecule has 4 nitrogen and oxygen atoms in total. The lowest BCUT2D eigenvalue weighted by atomic mass is 9.91. The standard InChI is InChI=1S/C11H17FN4/c1-7-10(12)11(15-6-14-7)16-9-5-3-2-4-8(9)13/h6,8-9H,2-5,13H2,1H3,(H,14,15,16). The summed E-state index contributed by atoms with van der Waals surface area (Å²) >= 11 is 0. The Morgan fingerprint density at radius 3 is 2.88 bits per heavy atom. The average Bonchev–Trinajstić information content (AvgIpc) is 2.28. The molecule has 0 bridgehead atoms. The Labute approximate surface area is 94.5 Å². The molecule has 1 aliphatic rings. The van der Waals surface area contributed by atoms with Crippen LogP contribution in [0.2, 0.25) is 0 Å². The molecule has 0 radical (unpaired) electrons. The molecule has 0 aromatic carbocycles. The van der Waals surface area contributed by atoms with Crippen molar-refractivity contribution in [1.82, 2.24) is 9.97 Å². The maximum Gasteiger partial charge on any atom is 0.186 e. The second kappa shape index (κ2) is 4.74. The van der Waals surface area contributed by atoms with Gasteiger partial charge in [0.2, 0.25) is 0 Å². The van der Waals surface area contributed by atoms with Crippen molar-refractivity contribution in [2.45, 2.75) is 44.7 Å². The Balaban J connectivity index is 2.10. The van der Waals surface area contributed by atoms with Gasteiger partial charge < -0.3 is 11.1 Å². The molecule has 0 saturated heterocycles. The molecule has 88 valence electrons. The van der Waals surface area contributed by atoms with E-state index in [1.54, 1.807) is 6.92 Å². The molecule has 2 rings (SSSR count). The quantitative estimate of drug-likeness (QED) is 0.801. The maximum absolute atomic E-state index is 13.7. The number of rotatable bonds is 2. The highest BCUT2D eigenvalue weighted by molar-refractivity contribution is 5.38. The first-order valence-electron chi connectivity index (χ1n) is 5.67. The first kappa shape index (κ1) is 11.3. The summed E-state index contributed by atoms with van der Waals surface area (Å²) in [7, 11) is 0. The molecule has 1 aromatic heterocycles. The summed E-state index contributed by atoms with van der Waals surface area (Å²) in [6.07, 6.45) is 5.63. The summed E-state index contributed by atoms with van der Waals surface area (Å²) in [5.41, 5.74) is 6.35. The van der Waals surface area contributed by atoms with Gasteiger partial charge in [0.1, 0.15) is 6.33 Å². The number of hydrogen-bond acceptors (Lipinski definition) is 4. The lowest BCUT2D eigenvalue weighted by molar-refractivity contribution is 0.401. The first-order chi connectivity index (χ1) is 7.68. The maximum atomic E-state index is 13.7. The number of nitrogens with two attached hydrogens (primary N) is 1. The van der Waals surface area contributed by atoms with Crippen molar-refractivity contribution in [2.75, 3.05) is 5.32 Å². The third-order valence-corrected chi connectivity index (χ3v) is 3.11. The van der Waals surface area contributed by atoms with Gasteiger partial charge in [-0.2, -0.15) is 0 Å². The van der Waals surface area contributed by atoms with Gasteiger partial charge in [-0.25, -0.2) is 14.4 Å². The average molecular weight is 224 g/mol.